The fourth-order valence-electron chi connectivity index (χ4n) is 4.21. The molecule has 0 radical (unpaired) electrons. The smallest absolute Gasteiger partial charge is 0.255 e. The van der Waals surface area contributed by atoms with Crippen LogP contribution in [0.1, 0.15) is 38.5 Å². The van der Waals surface area contributed by atoms with E-state index in [0.29, 0.717) is 22.5 Å². The normalized spacial score (nSPS) is 11.5. The quantitative estimate of drug-likeness (QED) is 0.159. The van der Waals surface area contributed by atoms with Crippen LogP contribution in [0.4, 0.5) is 11.4 Å². The number of hydrogen-bond acceptors (Lipinski definition) is 4. The second kappa shape index (κ2) is 11.8. The molecule has 1 atom stereocenters. The van der Waals surface area contributed by atoms with E-state index in [-0.39, 0.29) is 17.6 Å². The Bertz CT molecular complexity index is 1650. The molecule has 192 valence electrons. The maximum atomic E-state index is 13.4. The van der Waals surface area contributed by atoms with Crippen molar-refractivity contribution in [1.82, 2.24) is 0 Å². The van der Waals surface area contributed by atoms with Crippen LogP contribution in [0.2, 0.25) is 0 Å². The summed E-state index contributed by atoms with van der Waals surface area (Å²) in [5.74, 6) is -0.417. The van der Waals surface area contributed by atoms with E-state index < -0.39 is 5.25 Å². The zero-order valence-electron chi connectivity index (χ0n) is 21.3. The highest BCUT2D eigenvalue weighted by molar-refractivity contribution is 8.00. The van der Waals surface area contributed by atoms with Crippen LogP contribution in [-0.2, 0) is 4.79 Å². The molecule has 6 heteroatoms. The topological polar surface area (TPSA) is 75.3 Å². The standard InChI is InChI=1S/C33H26N2O3S/c1-22(36)23-16-18-28(19-17-23)34-33(38)31(25-9-3-2-4-10-25)39-30-13-7-12-29(21-30)35-32(37)27-15-14-24-8-5-6-11-26(24)20-27/h2-21,31H,1H3,(H,34,38)(H,35,37). The van der Waals surface area contributed by atoms with Crippen molar-refractivity contribution in [2.24, 2.45) is 0 Å². The van der Waals surface area contributed by atoms with Gasteiger partial charge < -0.3 is 10.6 Å². The molecule has 0 saturated carbocycles. The van der Waals surface area contributed by atoms with E-state index in [1.807, 2.05) is 97.1 Å². The zero-order chi connectivity index (χ0) is 27.2. The Hall–Kier alpha value is -4.68. The van der Waals surface area contributed by atoms with E-state index >= 15 is 0 Å². The first-order valence-corrected chi connectivity index (χ1v) is 13.4. The first-order valence-electron chi connectivity index (χ1n) is 12.5. The number of anilines is 2. The minimum Gasteiger partial charge on any atom is -0.325 e. The summed E-state index contributed by atoms with van der Waals surface area (Å²) >= 11 is 1.40. The predicted octanol–water partition coefficient (Wildman–Crippen LogP) is 7.77. The van der Waals surface area contributed by atoms with E-state index in [0.717, 1.165) is 21.2 Å². The molecule has 2 N–H and O–H groups in total. The third-order valence-corrected chi connectivity index (χ3v) is 7.50. The van der Waals surface area contributed by atoms with Gasteiger partial charge >= 0.3 is 0 Å². The molecule has 0 aliphatic carbocycles. The maximum Gasteiger partial charge on any atom is 0.255 e. The van der Waals surface area contributed by atoms with Crippen molar-refractivity contribution in [3.63, 3.8) is 0 Å². The number of carbonyl (C=O) groups excluding carboxylic acids is 3. The molecule has 0 aliphatic heterocycles. The number of nitrogens with one attached hydrogen (secondary N) is 2. The van der Waals surface area contributed by atoms with Crippen molar-refractivity contribution >= 4 is 51.5 Å². The summed E-state index contributed by atoms with van der Waals surface area (Å²) in [7, 11) is 0. The number of Topliss-reactive ketones (excluding diaryl/α,β-unsaturated/α-hetero) is 1. The van der Waals surface area contributed by atoms with Gasteiger partial charge in [-0.1, -0.05) is 66.7 Å². The van der Waals surface area contributed by atoms with Crippen LogP contribution in [-0.4, -0.2) is 17.6 Å². The summed E-state index contributed by atoms with van der Waals surface area (Å²) in [5, 5.41) is 7.49. The molecular formula is C33H26N2O3S. The van der Waals surface area contributed by atoms with E-state index in [2.05, 4.69) is 10.6 Å². The molecule has 0 heterocycles. The summed E-state index contributed by atoms with van der Waals surface area (Å²) in [6.45, 7) is 1.51. The highest BCUT2D eigenvalue weighted by Crippen LogP contribution is 2.37. The second-order valence-corrected chi connectivity index (χ2v) is 10.3. The van der Waals surface area contributed by atoms with Crippen LogP contribution in [0.5, 0.6) is 0 Å². The van der Waals surface area contributed by atoms with Crippen molar-refractivity contribution < 1.29 is 14.4 Å². The van der Waals surface area contributed by atoms with Gasteiger partial charge in [0.15, 0.2) is 5.78 Å². The Morgan fingerprint density at radius 3 is 2.05 bits per heavy atom. The van der Waals surface area contributed by atoms with Gasteiger partial charge in [0, 0.05) is 27.4 Å². The molecule has 39 heavy (non-hydrogen) atoms. The molecule has 0 aliphatic rings. The van der Waals surface area contributed by atoms with Crippen molar-refractivity contribution in [3.05, 3.63) is 138 Å². The third kappa shape index (κ3) is 6.43. The largest absolute Gasteiger partial charge is 0.325 e. The average molecular weight is 531 g/mol. The number of benzene rings is 5. The number of fused-ring (bicyclic) bond motifs is 1. The van der Waals surface area contributed by atoms with Gasteiger partial charge in [-0.15, -0.1) is 11.8 Å². The fourth-order valence-corrected chi connectivity index (χ4v) is 5.30. The molecule has 5 aromatic rings. The highest BCUT2D eigenvalue weighted by atomic mass is 32.2. The van der Waals surface area contributed by atoms with Gasteiger partial charge in [0.05, 0.1) is 0 Å². The van der Waals surface area contributed by atoms with Crippen molar-refractivity contribution in [3.8, 4) is 0 Å². The van der Waals surface area contributed by atoms with Crippen molar-refractivity contribution in [1.29, 1.82) is 0 Å². The summed E-state index contributed by atoms with van der Waals surface area (Å²) in [4.78, 5) is 38.8. The lowest BCUT2D eigenvalue weighted by molar-refractivity contribution is -0.115. The highest BCUT2D eigenvalue weighted by Gasteiger charge is 2.22. The Morgan fingerprint density at radius 1 is 0.615 bits per heavy atom. The Labute approximate surface area is 231 Å². The van der Waals surface area contributed by atoms with Gasteiger partial charge in [0.1, 0.15) is 5.25 Å². The Balaban J connectivity index is 1.34. The van der Waals surface area contributed by atoms with Crippen LogP contribution in [0.3, 0.4) is 0 Å². The Kier molecular flexibility index (Phi) is 7.85. The van der Waals surface area contributed by atoms with Gasteiger partial charge in [0.25, 0.3) is 5.91 Å². The lowest BCUT2D eigenvalue weighted by Gasteiger charge is -2.18. The van der Waals surface area contributed by atoms with E-state index in [1.165, 1.54) is 18.7 Å². The third-order valence-electron chi connectivity index (χ3n) is 6.26. The predicted molar refractivity (Wildman–Crippen MR) is 158 cm³/mol. The molecule has 5 aromatic carbocycles. The number of hydrogen-bond donors (Lipinski definition) is 2. The second-order valence-electron chi connectivity index (χ2n) is 9.08. The lowest BCUT2D eigenvalue weighted by Crippen LogP contribution is -2.19. The lowest BCUT2D eigenvalue weighted by atomic mass is 10.1. The van der Waals surface area contributed by atoms with E-state index in [4.69, 9.17) is 0 Å². The molecule has 0 saturated heterocycles. The summed E-state index contributed by atoms with van der Waals surface area (Å²) in [6, 6.07) is 37.4. The van der Waals surface area contributed by atoms with Gasteiger partial charge in [0.2, 0.25) is 5.91 Å². The van der Waals surface area contributed by atoms with Gasteiger partial charge in [-0.25, -0.2) is 0 Å². The number of carbonyl (C=O) groups is 3. The minimum absolute atomic E-state index is 0.0295. The summed E-state index contributed by atoms with van der Waals surface area (Å²) in [6.07, 6.45) is 0. The maximum absolute atomic E-state index is 13.4. The molecule has 5 rings (SSSR count). The van der Waals surface area contributed by atoms with Gasteiger partial charge in [-0.05, 0) is 77.9 Å². The van der Waals surface area contributed by atoms with Gasteiger partial charge in [-0.3, -0.25) is 14.4 Å². The van der Waals surface area contributed by atoms with Crippen LogP contribution in [0.25, 0.3) is 10.8 Å². The average Bonchev–Trinajstić information content (AvgIpc) is 2.96. The van der Waals surface area contributed by atoms with Crippen LogP contribution in [0.15, 0.2) is 126 Å². The summed E-state index contributed by atoms with van der Waals surface area (Å²) < 4.78 is 0. The van der Waals surface area contributed by atoms with Crippen LogP contribution in [0, 0.1) is 0 Å². The molecule has 0 spiro atoms. The molecule has 2 amide bonds. The van der Waals surface area contributed by atoms with Crippen LogP contribution >= 0.6 is 11.8 Å². The molecule has 0 bridgehead atoms. The van der Waals surface area contributed by atoms with Crippen LogP contribution < -0.4 is 10.6 Å². The minimum atomic E-state index is -0.537. The SMILES string of the molecule is CC(=O)c1ccc(NC(=O)C(Sc2cccc(NC(=O)c3ccc4ccccc4c3)c2)c2ccccc2)cc1. The van der Waals surface area contributed by atoms with Crippen molar-refractivity contribution in [2.45, 2.75) is 17.1 Å². The molecule has 1 unspecified atom stereocenters. The van der Waals surface area contributed by atoms with E-state index in [9.17, 15) is 14.4 Å². The summed E-state index contributed by atoms with van der Waals surface area (Å²) in [5.41, 5.74) is 3.27. The first kappa shape index (κ1) is 25.9. The number of amides is 2. The van der Waals surface area contributed by atoms with Gasteiger partial charge in [-0.2, -0.15) is 0 Å². The molecular weight excluding hydrogens is 504 g/mol. The number of ketones is 1. The number of thioether (sulfide) groups is 1. The zero-order valence-corrected chi connectivity index (χ0v) is 22.1. The molecule has 0 fully saturated rings. The monoisotopic (exact) mass is 530 g/mol. The van der Waals surface area contributed by atoms with E-state index in [1.54, 1.807) is 24.3 Å². The molecule has 5 nitrogen and oxygen atoms in total. The molecule has 0 aromatic heterocycles. The number of rotatable bonds is 8. The first-order chi connectivity index (χ1) is 19.0. The van der Waals surface area contributed by atoms with Crippen molar-refractivity contribution in [2.75, 3.05) is 10.6 Å². The fraction of sp³-hybridized carbons (Fsp3) is 0.0606. The Morgan fingerprint density at radius 2 is 1.31 bits per heavy atom.